The molecule has 1 aliphatic rings. The molecule has 0 spiro atoms. The first-order chi connectivity index (χ1) is 11.0. The maximum Gasteiger partial charge on any atom is 0.293 e. The van der Waals surface area contributed by atoms with Crippen molar-refractivity contribution < 1.29 is 9.18 Å². The highest BCUT2D eigenvalue weighted by molar-refractivity contribution is 5.90. The van der Waals surface area contributed by atoms with Gasteiger partial charge in [-0.1, -0.05) is 19.9 Å². The lowest BCUT2D eigenvalue weighted by Crippen LogP contribution is -2.32. The van der Waals surface area contributed by atoms with Gasteiger partial charge in [0.2, 0.25) is 5.82 Å². The van der Waals surface area contributed by atoms with Gasteiger partial charge in [-0.3, -0.25) is 4.79 Å². The number of carbonyl (C=O) groups excluding carboxylic acids is 1. The van der Waals surface area contributed by atoms with Crippen LogP contribution in [0.5, 0.6) is 0 Å². The highest BCUT2D eigenvalue weighted by Crippen LogP contribution is 2.19. The molecule has 1 aromatic heterocycles. The highest BCUT2D eigenvalue weighted by atomic mass is 19.1. The summed E-state index contributed by atoms with van der Waals surface area (Å²) >= 11 is 0. The Morgan fingerprint density at radius 1 is 1.43 bits per heavy atom. The summed E-state index contributed by atoms with van der Waals surface area (Å²) in [5.41, 5.74) is 6.40. The fourth-order valence-corrected chi connectivity index (χ4v) is 2.70. The van der Waals surface area contributed by atoms with Crippen molar-refractivity contribution in [3.05, 3.63) is 41.7 Å². The van der Waals surface area contributed by atoms with Crippen LogP contribution in [0.2, 0.25) is 0 Å². The second kappa shape index (κ2) is 6.08. The number of nitrogens with two attached hydrogens (primary N) is 1. The summed E-state index contributed by atoms with van der Waals surface area (Å²) in [4.78, 5) is 18.6. The van der Waals surface area contributed by atoms with Gasteiger partial charge in [0.15, 0.2) is 0 Å². The Kier molecular flexibility index (Phi) is 4.12. The van der Waals surface area contributed by atoms with Crippen molar-refractivity contribution >= 4 is 5.91 Å². The molecule has 2 heterocycles. The van der Waals surface area contributed by atoms with E-state index in [9.17, 15) is 9.18 Å². The third kappa shape index (κ3) is 3.10. The van der Waals surface area contributed by atoms with Crippen molar-refractivity contribution in [2.24, 2.45) is 5.73 Å². The number of rotatable bonds is 3. The van der Waals surface area contributed by atoms with Gasteiger partial charge in [-0.15, -0.1) is 5.10 Å². The number of benzene rings is 1. The SMILES string of the molecule is CC(C)c1nc(C(=O)N2CCC(N)C2)nn1-c1cccc(F)c1. The average molecular weight is 317 g/mol. The summed E-state index contributed by atoms with van der Waals surface area (Å²) in [5.74, 6) is 0.226. The van der Waals surface area contributed by atoms with Gasteiger partial charge < -0.3 is 10.6 Å². The largest absolute Gasteiger partial charge is 0.334 e. The number of amides is 1. The molecule has 1 aliphatic heterocycles. The van der Waals surface area contributed by atoms with Crippen molar-refractivity contribution in [2.75, 3.05) is 13.1 Å². The average Bonchev–Trinajstić information content (AvgIpc) is 3.13. The van der Waals surface area contributed by atoms with Crippen LogP contribution >= 0.6 is 0 Å². The smallest absolute Gasteiger partial charge is 0.293 e. The van der Waals surface area contributed by atoms with E-state index in [1.54, 1.807) is 17.0 Å². The molecule has 122 valence electrons. The van der Waals surface area contributed by atoms with E-state index in [0.29, 0.717) is 24.6 Å². The van der Waals surface area contributed by atoms with E-state index in [2.05, 4.69) is 10.1 Å². The van der Waals surface area contributed by atoms with Crippen molar-refractivity contribution in [3.63, 3.8) is 0 Å². The predicted octanol–water partition coefficient (Wildman–Crippen LogP) is 1.70. The first kappa shape index (κ1) is 15.6. The van der Waals surface area contributed by atoms with Crippen LogP contribution in [0, 0.1) is 5.82 Å². The molecular weight excluding hydrogens is 297 g/mol. The van der Waals surface area contributed by atoms with Crippen LogP contribution in [0.4, 0.5) is 4.39 Å². The van der Waals surface area contributed by atoms with Crippen LogP contribution in [-0.2, 0) is 0 Å². The Labute approximate surface area is 134 Å². The lowest BCUT2D eigenvalue weighted by atomic mass is 10.2. The number of likely N-dealkylation sites (tertiary alicyclic amines) is 1. The first-order valence-corrected chi connectivity index (χ1v) is 7.73. The number of aromatic nitrogens is 3. The van der Waals surface area contributed by atoms with Crippen LogP contribution in [0.3, 0.4) is 0 Å². The quantitative estimate of drug-likeness (QED) is 0.935. The van der Waals surface area contributed by atoms with Crippen LogP contribution < -0.4 is 5.73 Å². The minimum Gasteiger partial charge on any atom is -0.334 e. The third-order valence-corrected chi connectivity index (χ3v) is 3.90. The summed E-state index contributed by atoms with van der Waals surface area (Å²) in [5, 5.41) is 4.32. The molecule has 0 saturated carbocycles. The molecule has 1 saturated heterocycles. The van der Waals surface area contributed by atoms with Crippen LogP contribution in [0.15, 0.2) is 24.3 Å². The summed E-state index contributed by atoms with van der Waals surface area (Å²) in [6.07, 6.45) is 0.785. The van der Waals surface area contributed by atoms with Crippen LogP contribution in [0.1, 0.15) is 42.6 Å². The number of nitrogens with zero attached hydrogens (tertiary/aromatic N) is 4. The summed E-state index contributed by atoms with van der Waals surface area (Å²) in [6.45, 7) is 5.05. The lowest BCUT2D eigenvalue weighted by molar-refractivity contribution is 0.0779. The lowest BCUT2D eigenvalue weighted by Gasteiger charge is -2.12. The van der Waals surface area contributed by atoms with E-state index in [0.717, 1.165) is 6.42 Å². The van der Waals surface area contributed by atoms with Gasteiger partial charge in [-0.25, -0.2) is 14.1 Å². The van der Waals surface area contributed by atoms with Crippen molar-refractivity contribution in [3.8, 4) is 5.69 Å². The van der Waals surface area contributed by atoms with E-state index < -0.39 is 0 Å². The van der Waals surface area contributed by atoms with Gasteiger partial charge >= 0.3 is 0 Å². The van der Waals surface area contributed by atoms with E-state index in [4.69, 9.17) is 5.73 Å². The van der Waals surface area contributed by atoms with Gasteiger partial charge in [0.25, 0.3) is 5.91 Å². The number of hydrogen-bond acceptors (Lipinski definition) is 4. The van der Waals surface area contributed by atoms with E-state index in [-0.39, 0.29) is 29.5 Å². The molecule has 2 N–H and O–H groups in total. The molecule has 6 nitrogen and oxygen atoms in total. The molecule has 7 heteroatoms. The van der Waals surface area contributed by atoms with Gasteiger partial charge in [0.05, 0.1) is 5.69 Å². The van der Waals surface area contributed by atoms with Gasteiger partial charge in [-0.2, -0.15) is 0 Å². The summed E-state index contributed by atoms with van der Waals surface area (Å²) in [6, 6.07) is 6.10. The molecule has 3 rings (SSSR count). The normalized spacial score (nSPS) is 18.0. The summed E-state index contributed by atoms with van der Waals surface area (Å²) < 4.78 is 15.0. The molecule has 23 heavy (non-hydrogen) atoms. The molecule has 1 aromatic carbocycles. The van der Waals surface area contributed by atoms with Gasteiger partial charge in [0.1, 0.15) is 11.6 Å². The molecule has 0 bridgehead atoms. The second-order valence-corrected chi connectivity index (χ2v) is 6.14. The first-order valence-electron chi connectivity index (χ1n) is 7.73. The summed E-state index contributed by atoms with van der Waals surface area (Å²) in [7, 11) is 0. The van der Waals surface area contributed by atoms with Crippen LogP contribution in [-0.4, -0.2) is 44.7 Å². The van der Waals surface area contributed by atoms with Crippen molar-refractivity contribution in [1.82, 2.24) is 19.7 Å². The number of carbonyl (C=O) groups is 1. The van der Waals surface area contributed by atoms with Gasteiger partial charge in [0, 0.05) is 25.0 Å². The maximum absolute atomic E-state index is 13.5. The standard InChI is InChI=1S/C16H20FN5O/c1-10(2)15-19-14(16(23)21-7-6-12(18)9-21)20-22(15)13-5-3-4-11(17)8-13/h3-5,8,10,12H,6-7,9,18H2,1-2H3. The van der Waals surface area contributed by atoms with Crippen molar-refractivity contribution in [2.45, 2.75) is 32.2 Å². The zero-order valence-electron chi connectivity index (χ0n) is 13.2. The topological polar surface area (TPSA) is 77.0 Å². The molecule has 0 aliphatic carbocycles. The zero-order valence-corrected chi connectivity index (χ0v) is 13.2. The van der Waals surface area contributed by atoms with E-state index in [1.165, 1.54) is 16.8 Å². The van der Waals surface area contributed by atoms with Crippen molar-refractivity contribution in [1.29, 1.82) is 0 Å². The van der Waals surface area contributed by atoms with E-state index >= 15 is 0 Å². The number of hydrogen-bond donors (Lipinski definition) is 1. The fraction of sp³-hybridized carbons (Fsp3) is 0.438. The van der Waals surface area contributed by atoms with Crippen LogP contribution in [0.25, 0.3) is 5.69 Å². The Bertz CT molecular complexity index is 727. The van der Waals surface area contributed by atoms with Gasteiger partial charge in [-0.05, 0) is 24.6 Å². The minimum absolute atomic E-state index is 0.00817. The molecule has 1 atom stereocenters. The maximum atomic E-state index is 13.5. The fourth-order valence-electron chi connectivity index (χ4n) is 2.70. The molecule has 1 fully saturated rings. The monoisotopic (exact) mass is 317 g/mol. The molecular formula is C16H20FN5O. The number of halogens is 1. The zero-order chi connectivity index (χ0) is 16.6. The second-order valence-electron chi connectivity index (χ2n) is 6.14. The third-order valence-electron chi connectivity index (χ3n) is 3.90. The molecule has 1 amide bonds. The highest BCUT2D eigenvalue weighted by Gasteiger charge is 2.28. The van der Waals surface area contributed by atoms with E-state index in [1.807, 2.05) is 13.8 Å². The Balaban J connectivity index is 1.97. The minimum atomic E-state index is -0.355. The Hall–Kier alpha value is -2.28. The molecule has 0 radical (unpaired) electrons. The molecule has 2 aromatic rings. The Morgan fingerprint density at radius 2 is 2.22 bits per heavy atom. The predicted molar refractivity (Wildman–Crippen MR) is 83.9 cm³/mol. The molecule has 1 unspecified atom stereocenters. The Morgan fingerprint density at radius 3 is 2.83 bits per heavy atom.